The molecular weight excluding hydrogens is 322 g/mol. The number of thiazole rings is 1. The van der Waals surface area contributed by atoms with Crippen molar-refractivity contribution < 1.29 is 14.6 Å². The molecule has 0 saturated heterocycles. The van der Waals surface area contributed by atoms with E-state index in [1.807, 2.05) is 42.5 Å². The Labute approximate surface area is 144 Å². The fourth-order valence-corrected chi connectivity index (χ4v) is 3.15. The molecule has 1 heterocycles. The standard InChI is InChI=1S/C19H17NO3S/c1-2-14-5-3-4-6-17(14)23-11-13-7-9-15(10-8-13)18-20-16(12-24-18)19(21)22/h3-10,12H,2,11H2,1H3,(H,21,22). The summed E-state index contributed by atoms with van der Waals surface area (Å²) in [6.07, 6.45) is 0.936. The Hall–Kier alpha value is -2.66. The maximum absolute atomic E-state index is 10.9. The van der Waals surface area contributed by atoms with Crippen LogP contribution in [0.25, 0.3) is 10.6 Å². The number of aromatic carboxylic acids is 1. The van der Waals surface area contributed by atoms with Crippen molar-refractivity contribution in [2.24, 2.45) is 0 Å². The summed E-state index contributed by atoms with van der Waals surface area (Å²) < 4.78 is 5.90. The van der Waals surface area contributed by atoms with E-state index in [0.717, 1.165) is 23.3 Å². The lowest BCUT2D eigenvalue weighted by atomic mass is 10.1. The lowest BCUT2D eigenvalue weighted by Gasteiger charge is -2.10. The molecule has 0 saturated carbocycles. The zero-order chi connectivity index (χ0) is 16.9. The van der Waals surface area contributed by atoms with Gasteiger partial charge in [-0.3, -0.25) is 0 Å². The summed E-state index contributed by atoms with van der Waals surface area (Å²) in [7, 11) is 0. The van der Waals surface area contributed by atoms with E-state index in [-0.39, 0.29) is 5.69 Å². The van der Waals surface area contributed by atoms with Crippen LogP contribution in [0.5, 0.6) is 5.75 Å². The van der Waals surface area contributed by atoms with E-state index in [4.69, 9.17) is 9.84 Å². The smallest absolute Gasteiger partial charge is 0.355 e. The molecule has 0 radical (unpaired) electrons. The molecule has 24 heavy (non-hydrogen) atoms. The van der Waals surface area contributed by atoms with Gasteiger partial charge >= 0.3 is 5.97 Å². The van der Waals surface area contributed by atoms with Gasteiger partial charge in [0.2, 0.25) is 0 Å². The van der Waals surface area contributed by atoms with Crippen molar-refractivity contribution in [3.63, 3.8) is 0 Å². The van der Waals surface area contributed by atoms with E-state index in [1.165, 1.54) is 16.9 Å². The van der Waals surface area contributed by atoms with E-state index in [2.05, 4.69) is 18.0 Å². The Morgan fingerprint density at radius 1 is 1.17 bits per heavy atom. The van der Waals surface area contributed by atoms with Gasteiger partial charge in [0.25, 0.3) is 0 Å². The monoisotopic (exact) mass is 339 g/mol. The van der Waals surface area contributed by atoms with E-state index < -0.39 is 5.97 Å². The molecule has 0 spiro atoms. The number of nitrogens with zero attached hydrogens (tertiary/aromatic N) is 1. The average Bonchev–Trinajstić information content (AvgIpc) is 3.11. The molecule has 122 valence electrons. The minimum absolute atomic E-state index is 0.0820. The molecule has 0 atom stereocenters. The van der Waals surface area contributed by atoms with Crippen LogP contribution in [0.3, 0.4) is 0 Å². The lowest BCUT2D eigenvalue weighted by Crippen LogP contribution is -1.98. The van der Waals surface area contributed by atoms with Gasteiger partial charge < -0.3 is 9.84 Å². The molecule has 1 N–H and O–H groups in total. The zero-order valence-electron chi connectivity index (χ0n) is 13.2. The summed E-state index contributed by atoms with van der Waals surface area (Å²) >= 11 is 1.33. The molecule has 4 nitrogen and oxygen atoms in total. The van der Waals surface area contributed by atoms with Gasteiger partial charge in [0, 0.05) is 10.9 Å². The summed E-state index contributed by atoms with van der Waals surface area (Å²) in [5.74, 6) is -0.0905. The summed E-state index contributed by atoms with van der Waals surface area (Å²) in [6, 6.07) is 15.9. The minimum Gasteiger partial charge on any atom is -0.489 e. The van der Waals surface area contributed by atoms with Crippen LogP contribution in [0.4, 0.5) is 0 Å². The number of carbonyl (C=O) groups is 1. The number of aromatic nitrogens is 1. The number of carboxylic acids is 1. The van der Waals surface area contributed by atoms with Crippen LogP contribution in [-0.4, -0.2) is 16.1 Å². The second kappa shape index (κ2) is 7.27. The molecular formula is C19H17NO3S. The molecule has 0 amide bonds. The van der Waals surface area contributed by atoms with Gasteiger partial charge in [-0.25, -0.2) is 9.78 Å². The number of para-hydroxylation sites is 1. The third-order valence-electron chi connectivity index (χ3n) is 3.67. The molecule has 0 fully saturated rings. The van der Waals surface area contributed by atoms with Crippen LogP contribution in [0.1, 0.15) is 28.5 Å². The quantitative estimate of drug-likeness (QED) is 0.710. The van der Waals surface area contributed by atoms with Crippen molar-refractivity contribution in [3.8, 4) is 16.3 Å². The number of hydrogen-bond acceptors (Lipinski definition) is 4. The molecule has 2 aromatic carbocycles. The average molecular weight is 339 g/mol. The number of hydrogen-bond donors (Lipinski definition) is 1. The van der Waals surface area contributed by atoms with Crippen LogP contribution in [0.15, 0.2) is 53.9 Å². The van der Waals surface area contributed by atoms with Crippen molar-refractivity contribution in [2.45, 2.75) is 20.0 Å². The highest BCUT2D eigenvalue weighted by Gasteiger charge is 2.10. The zero-order valence-corrected chi connectivity index (χ0v) is 14.0. The number of carboxylic acid groups (broad SMARTS) is 1. The Morgan fingerprint density at radius 2 is 1.92 bits per heavy atom. The number of benzene rings is 2. The van der Waals surface area contributed by atoms with Crippen LogP contribution in [0, 0.1) is 0 Å². The molecule has 0 unspecified atom stereocenters. The summed E-state index contributed by atoms with van der Waals surface area (Å²) in [4.78, 5) is 15.0. The Kier molecular flexibility index (Phi) is 4.91. The highest BCUT2D eigenvalue weighted by Crippen LogP contribution is 2.25. The van der Waals surface area contributed by atoms with Crippen LogP contribution < -0.4 is 4.74 Å². The molecule has 0 aliphatic heterocycles. The van der Waals surface area contributed by atoms with Gasteiger partial charge in [-0.05, 0) is 23.6 Å². The highest BCUT2D eigenvalue weighted by atomic mass is 32.1. The highest BCUT2D eigenvalue weighted by molar-refractivity contribution is 7.13. The first kappa shape index (κ1) is 16.2. The van der Waals surface area contributed by atoms with E-state index >= 15 is 0 Å². The van der Waals surface area contributed by atoms with Gasteiger partial charge in [0.15, 0.2) is 5.69 Å². The predicted octanol–water partition coefficient (Wildman–Crippen LogP) is 4.65. The van der Waals surface area contributed by atoms with Gasteiger partial charge in [0.1, 0.15) is 17.4 Å². The fourth-order valence-electron chi connectivity index (χ4n) is 2.35. The topological polar surface area (TPSA) is 59.4 Å². The molecule has 0 aliphatic carbocycles. The maximum Gasteiger partial charge on any atom is 0.355 e. The fraction of sp³-hybridized carbons (Fsp3) is 0.158. The molecule has 3 aromatic rings. The first-order chi connectivity index (χ1) is 11.7. The Bertz CT molecular complexity index is 840. The summed E-state index contributed by atoms with van der Waals surface area (Å²) in [5.41, 5.74) is 3.24. The normalized spacial score (nSPS) is 10.5. The van der Waals surface area contributed by atoms with Gasteiger partial charge in [-0.1, -0.05) is 49.4 Å². The van der Waals surface area contributed by atoms with E-state index in [9.17, 15) is 4.79 Å². The predicted molar refractivity (Wildman–Crippen MR) is 94.7 cm³/mol. The van der Waals surface area contributed by atoms with Crippen molar-refractivity contribution in [1.29, 1.82) is 0 Å². The van der Waals surface area contributed by atoms with E-state index in [0.29, 0.717) is 11.6 Å². The first-order valence-corrected chi connectivity index (χ1v) is 8.54. The third kappa shape index (κ3) is 3.63. The van der Waals surface area contributed by atoms with Gasteiger partial charge in [0.05, 0.1) is 0 Å². The summed E-state index contributed by atoms with van der Waals surface area (Å²) in [5, 5.41) is 11.2. The molecule has 5 heteroatoms. The van der Waals surface area contributed by atoms with Crippen molar-refractivity contribution >= 4 is 17.3 Å². The number of aryl methyl sites for hydroxylation is 1. The third-order valence-corrected chi connectivity index (χ3v) is 4.56. The SMILES string of the molecule is CCc1ccccc1OCc1ccc(-c2nc(C(=O)O)cs2)cc1. The van der Waals surface area contributed by atoms with Gasteiger partial charge in [-0.15, -0.1) is 11.3 Å². The Morgan fingerprint density at radius 3 is 2.58 bits per heavy atom. The van der Waals surface area contributed by atoms with E-state index in [1.54, 1.807) is 5.38 Å². The molecule has 0 bridgehead atoms. The summed E-state index contributed by atoms with van der Waals surface area (Å²) in [6.45, 7) is 2.60. The Balaban J connectivity index is 1.69. The van der Waals surface area contributed by atoms with Gasteiger partial charge in [-0.2, -0.15) is 0 Å². The minimum atomic E-state index is -1.00. The number of rotatable bonds is 6. The lowest BCUT2D eigenvalue weighted by molar-refractivity contribution is 0.0691. The first-order valence-electron chi connectivity index (χ1n) is 7.66. The second-order valence-electron chi connectivity index (χ2n) is 5.29. The molecule has 3 rings (SSSR count). The van der Waals surface area contributed by atoms with Crippen molar-refractivity contribution in [2.75, 3.05) is 0 Å². The molecule has 0 aliphatic rings. The second-order valence-corrected chi connectivity index (χ2v) is 6.15. The van der Waals surface area contributed by atoms with Crippen LogP contribution in [-0.2, 0) is 13.0 Å². The van der Waals surface area contributed by atoms with Crippen molar-refractivity contribution in [3.05, 3.63) is 70.7 Å². The van der Waals surface area contributed by atoms with Crippen LogP contribution >= 0.6 is 11.3 Å². The number of ether oxygens (including phenoxy) is 1. The largest absolute Gasteiger partial charge is 0.489 e. The molecule has 1 aromatic heterocycles. The van der Waals surface area contributed by atoms with Crippen LogP contribution in [0.2, 0.25) is 0 Å². The maximum atomic E-state index is 10.9. The van der Waals surface area contributed by atoms with Crippen molar-refractivity contribution in [1.82, 2.24) is 4.98 Å².